The van der Waals surface area contributed by atoms with Gasteiger partial charge in [0.15, 0.2) is 0 Å². The molecule has 1 saturated carbocycles. The number of carbonyl (C=O) groups is 1. The van der Waals surface area contributed by atoms with E-state index < -0.39 is 0 Å². The van der Waals surface area contributed by atoms with Crippen LogP contribution in [0.15, 0.2) is 35.1 Å². The van der Waals surface area contributed by atoms with Gasteiger partial charge in [-0.2, -0.15) is 5.10 Å². The van der Waals surface area contributed by atoms with Gasteiger partial charge >= 0.3 is 0 Å². The smallest absolute Gasteiger partial charge is 0.274 e. The predicted molar refractivity (Wildman–Crippen MR) is 93.3 cm³/mol. The molecular weight excluding hydrogens is 318 g/mol. The van der Waals surface area contributed by atoms with Gasteiger partial charge in [0.05, 0.1) is 17.4 Å². The summed E-state index contributed by atoms with van der Waals surface area (Å²) in [5.41, 5.74) is 1.86. The van der Waals surface area contributed by atoms with Gasteiger partial charge in [-0.1, -0.05) is 12.1 Å². The average Bonchev–Trinajstić information content (AvgIpc) is 3.36. The van der Waals surface area contributed by atoms with Gasteiger partial charge in [0.25, 0.3) is 11.5 Å². The first-order chi connectivity index (χ1) is 12.2. The van der Waals surface area contributed by atoms with Gasteiger partial charge in [-0.3, -0.25) is 14.7 Å². The second kappa shape index (κ2) is 6.16. The number of nitrogens with one attached hydrogen (secondary N) is 2. The molecule has 2 heterocycles. The normalized spacial score (nSPS) is 14.0. The number of para-hydroxylation sites is 1. The van der Waals surface area contributed by atoms with E-state index in [9.17, 15) is 9.59 Å². The highest BCUT2D eigenvalue weighted by molar-refractivity contribution is 5.92. The van der Waals surface area contributed by atoms with E-state index in [0.717, 1.165) is 18.5 Å². The SMILES string of the molecule is CCN(Cc1nc2ccccc2c(=O)[nH]1)C(=O)c1cc(C2CC2)[nH]n1. The summed E-state index contributed by atoms with van der Waals surface area (Å²) in [6.45, 7) is 2.63. The molecule has 0 spiro atoms. The number of benzene rings is 1. The van der Waals surface area contributed by atoms with Crippen molar-refractivity contribution in [2.75, 3.05) is 6.54 Å². The minimum Gasteiger partial charge on any atom is -0.330 e. The Bertz CT molecular complexity index is 986. The maximum Gasteiger partial charge on any atom is 0.274 e. The summed E-state index contributed by atoms with van der Waals surface area (Å²) in [4.78, 5) is 33.7. The number of aromatic nitrogens is 4. The first-order valence-corrected chi connectivity index (χ1v) is 8.48. The summed E-state index contributed by atoms with van der Waals surface area (Å²) < 4.78 is 0. The molecule has 3 aromatic rings. The third-order valence-electron chi connectivity index (χ3n) is 4.51. The molecule has 0 bridgehead atoms. The highest BCUT2D eigenvalue weighted by Crippen LogP contribution is 2.39. The maximum absolute atomic E-state index is 12.7. The van der Waals surface area contributed by atoms with E-state index in [0.29, 0.717) is 34.9 Å². The number of nitrogens with zero attached hydrogens (tertiary/aromatic N) is 3. The summed E-state index contributed by atoms with van der Waals surface area (Å²) in [6.07, 6.45) is 2.30. The fourth-order valence-corrected chi connectivity index (χ4v) is 2.93. The lowest BCUT2D eigenvalue weighted by Gasteiger charge is -2.19. The van der Waals surface area contributed by atoms with E-state index in [1.54, 1.807) is 23.1 Å². The van der Waals surface area contributed by atoms with Crippen molar-refractivity contribution in [1.29, 1.82) is 0 Å². The van der Waals surface area contributed by atoms with Gasteiger partial charge < -0.3 is 9.88 Å². The number of H-pyrrole nitrogens is 2. The third-order valence-corrected chi connectivity index (χ3v) is 4.51. The van der Waals surface area contributed by atoms with E-state index >= 15 is 0 Å². The van der Waals surface area contributed by atoms with Crippen LogP contribution >= 0.6 is 0 Å². The lowest BCUT2D eigenvalue weighted by atomic mass is 10.2. The minimum atomic E-state index is -0.195. The summed E-state index contributed by atoms with van der Waals surface area (Å²) in [6, 6.07) is 9.00. The van der Waals surface area contributed by atoms with Crippen molar-refractivity contribution in [3.8, 4) is 0 Å². The van der Waals surface area contributed by atoms with E-state index in [-0.39, 0.29) is 18.0 Å². The topological polar surface area (TPSA) is 94.7 Å². The average molecular weight is 337 g/mol. The molecule has 2 N–H and O–H groups in total. The second-order valence-corrected chi connectivity index (χ2v) is 6.33. The molecule has 0 atom stereocenters. The summed E-state index contributed by atoms with van der Waals surface area (Å²) in [5, 5.41) is 7.64. The van der Waals surface area contributed by atoms with E-state index in [1.165, 1.54) is 0 Å². The Kier molecular flexibility index (Phi) is 3.83. The first-order valence-electron chi connectivity index (χ1n) is 8.48. The fraction of sp³-hybridized carbons (Fsp3) is 0.333. The molecule has 7 nitrogen and oxygen atoms in total. The molecule has 25 heavy (non-hydrogen) atoms. The number of aromatic amines is 2. The van der Waals surface area contributed by atoms with Gasteiger partial charge in [-0.25, -0.2) is 4.98 Å². The first kappa shape index (κ1) is 15.6. The van der Waals surface area contributed by atoms with Gasteiger partial charge in [0.2, 0.25) is 0 Å². The largest absolute Gasteiger partial charge is 0.330 e. The Hall–Kier alpha value is -2.96. The molecule has 1 aromatic carbocycles. The maximum atomic E-state index is 12.7. The number of amides is 1. The highest BCUT2D eigenvalue weighted by atomic mass is 16.2. The molecule has 4 rings (SSSR count). The van der Waals surface area contributed by atoms with Crippen LogP contribution in [0.25, 0.3) is 10.9 Å². The Labute approximate surface area is 144 Å². The van der Waals surface area contributed by atoms with Crippen molar-refractivity contribution in [2.24, 2.45) is 0 Å². The zero-order valence-electron chi connectivity index (χ0n) is 14.0. The van der Waals surface area contributed by atoms with Crippen molar-refractivity contribution in [1.82, 2.24) is 25.1 Å². The zero-order chi connectivity index (χ0) is 17.4. The predicted octanol–water partition coefficient (Wildman–Crippen LogP) is 2.19. The Morgan fingerprint density at radius 2 is 2.12 bits per heavy atom. The number of carbonyl (C=O) groups excluding carboxylic acids is 1. The van der Waals surface area contributed by atoms with Crippen LogP contribution < -0.4 is 5.56 Å². The van der Waals surface area contributed by atoms with Crippen LogP contribution in [-0.4, -0.2) is 37.5 Å². The van der Waals surface area contributed by atoms with Gasteiger partial charge in [0.1, 0.15) is 11.5 Å². The minimum absolute atomic E-state index is 0.165. The third kappa shape index (κ3) is 3.05. The Morgan fingerprint density at radius 3 is 2.88 bits per heavy atom. The van der Waals surface area contributed by atoms with Crippen molar-refractivity contribution >= 4 is 16.8 Å². The summed E-state index contributed by atoms with van der Waals surface area (Å²) in [7, 11) is 0. The fourth-order valence-electron chi connectivity index (χ4n) is 2.93. The van der Waals surface area contributed by atoms with E-state index in [2.05, 4.69) is 20.2 Å². The van der Waals surface area contributed by atoms with E-state index in [1.807, 2.05) is 19.1 Å². The van der Waals surface area contributed by atoms with Crippen molar-refractivity contribution in [2.45, 2.75) is 32.2 Å². The molecule has 1 aliphatic carbocycles. The highest BCUT2D eigenvalue weighted by Gasteiger charge is 2.27. The van der Waals surface area contributed by atoms with Gasteiger partial charge in [0, 0.05) is 18.2 Å². The number of hydrogen-bond acceptors (Lipinski definition) is 4. The van der Waals surface area contributed by atoms with Crippen molar-refractivity contribution in [3.05, 3.63) is 57.9 Å². The number of hydrogen-bond donors (Lipinski definition) is 2. The molecule has 1 fully saturated rings. The molecular formula is C18H19N5O2. The molecule has 0 saturated heterocycles. The van der Waals surface area contributed by atoms with Crippen LogP contribution in [0.1, 0.15) is 47.7 Å². The molecule has 7 heteroatoms. The molecule has 0 unspecified atom stereocenters. The lowest BCUT2D eigenvalue weighted by molar-refractivity contribution is 0.0742. The molecule has 2 aromatic heterocycles. The monoisotopic (exact) mass is 337 g/mol. The molecule has 1 amide bonds. The zero-order valence-corrected chi connectivity index (χ0v) is 14.0. The lowest BCUT2D eigenvalue weighted by Crippen LogP contribution is -2.32. The van der Waals surface area contributed by atoms with Crippen molar-refractivity contribution in [3.63, 3.8) is 0 Å². The number of fused-ring (bicyclic) bond motifs is 1. The van der Waals surface area contributed by atoms with Gasteiger partial charge in [-0.15, -0.1) is 0 Å². The molecule has 128 valence electrons. The summed E-state index contributed by atoms with van der Waals surface area (Å²) >= 11 is 0. The number of rotatable bonds is 5. The molecule has 0 radical (unpaired) electrons. The standard InChI is InChI=1S/C18H19N5O2/c1-2-23(18(25)15-9-14(21-22-15)11-7-8-11)10-16-19-13-6-4-3-5-12(13)17(24)20-16/h3-6,9,11H,2,7-8,10H2,1H3,(H,21,22)(H,19,20,24). The van der Waals surface area contributed by atoms with Crippen LogP contribution in [0, 0.1) is 0 Å². The van der Waals surface area contributed by atoms with E-state index in [4.69, 9.17) is 0 Å². The Balaban J connectivity index is 1.58. The quantitative estimate of drug-likeness (QED) is 0.746. The van der Waals surface area contributed by atoms with Crippen LogP contribution in [-0.2, 0) is 6.54 Å². The van der Waals surface area contributed by atoms with Crippen LogP contribution in [0.4, 0.5) is 0 Å². The van der Waals surface area contributed by atoms with Crippen LogP contribution in [0.3, 0.4) is 0 Å². The summed E-state index contributed by atoms with van der Waals surface area (Å²) in [5.74, 6) is 0.820. The van der Waals surface area contributed by atoms with Gasteiger partial charge in [-0.05, 0) is 38.0 Å². The van der Waals surface area contributed by atoms with Crippen LogP contribution in [0.2, 0.25) is 0 Å². The Morgan fingerprint density at radius 1 is 1.32 bits per heavy atom. The second-order valence-electron chi connectivity index (χ2n) is 6.33. The van der Waals surface area contributed by atoms with Crippen molar-refractivity contribution < 1.29 is 4.79 Å². The molecule has 1 aliphatic rings. The van der Waals surface area contributed by atoms with Crippen LogP contribution in [0.5, 0.6) is 0 Å². The molecule has 0 aliphatic heterocycles.